The summed E-state index contributed by atoms with van der Waals surface area (Å²) in [7, 11) is 2.44. The summed E-state index contributed by atoms with van der Waals surface area (Å²) >= 11 is 5.89. The van der Waals surface area contributed by atoms with Crippen LogP contribution in [-0.2, 0) is 14.3 Å². The number of benzene rings is 2. The van der Waals surface area contributed by atoms with Crippen LogP contribution in [0.1, 0.15) is 26.3 Å². The minimum absolute atomic E-state index is 0.115. The molecule has 0 aliphatic heterocycles. The molecule has 0 bridgehead atoms. The summed E-state index contributed by atoms with van der Waals surface area (Å²) in [6.07, 6.45) is 2.90. The van der Waals surface area contributed by atoms with Crippen LogP contribution in [0.25, 0.3) is 6.08 Å². The van der Waals surface area contributed by atoms with Crippen LogP contribution in [-0.4, -0.2) is 32.1 Å². The smallest absolute Gasteiger partial charge is 0.337 e. The van der Waals surface area contributed by atoms with Gasteiger partial charge in [0.05, 0.1) is 25.3 Å². The second-order valence-corrected chi connectivity index (χ2v) is 5.60. The van der Waals surface area contributed by atoms with E-state index in [0.29, 0.717) is 5.02 Å². The largest absolute Gasteiger partial charge is 0.465 e. The molecular formula is C19H16ClNO5. The van der Waals surface area contributed by atoms with Crippen molar-refractivity contribution in [2.75, 3.05) is 19.5 Å². The Morgan fingerprint density at radius 2 is 1.58 bits per heavy atom. The molecule has 0 unspecified atom stereocenters. The molecule has 2 aromatic rings. The first-order chi connectivity index (χ1) is 12.4. The third-order valence-electron chi connectivity index (χ3n) is 3.32. The minimum atomic E-state index is -0.638. The molecule has 26 heavy (non-hydrogen) atoms. The molecule has 1 amide bonds. The average molecular weight is 374 g/mol. The number of amides is 1. The van der Waals surface area contributed by atoms with Gasteiger partial charge in [-0.2, -0.15) is 0 Å². The molecule has 0 spiro atoms. The monoisotopic (exact) mass is 373 g/mol. The number of carbonyl (C=O) groups is 3. The number of anilines is 1. The lowest BCUT2D eigenvalue weighted by molar-refractivity contribution is -0.111. The molecule has 0 saturated heterocycles. The van der Waals surface area contributed by atoms with Gasteiger partial charge in [-0.05, 0) is 42.0 Å². The fourth-order valence-corrected chi connectivity index (χ4v) is 2.34. The molecule has 134 valence electrons. The molecule has 0 heterocycles. The zero-order valence-corrected chi connectivity index (χ0v) is 14.9. The van der Waals surface area contributed by atoms with Crippen molar-refractivity contribution in [2.24, 2.45) is 0 Å². The van der Waals surface area contributed by atoms with Gasteiger partial charge in [-0.3, -0.25) is 4.79 Å². The van der Waals surface area contributed by atoms with Crippen LogP contribution in [0.2, 0.25) is 5.02 Å². The van der Waals surface area contributed by atoms with E-state index in [9.17, 15) is 14.4 Å². The van der Waals surface area contributed by atoms with Crippen molar-refractivity contribution in [3.05, 3.63) is 70.3 Å². The molecular weight excluding hydrogens is 358 g/mol. The molecule has 7 heteroatoms. The van der Waals surface area contributed by atoms with Gasteiger partial charge < -0.3 is 14.8 Å². The van der Waals surface area contributed by atoms with Crippen LogP contribution in [0, 0.1) is 0 Å². The number of hydrogen-bond donors (Lipinski definition) is 1. The zero-order valence-electron chi connectivity index (χ0n) is 14.1. The van der Waals surface area contributed by atoms with E-state index < -0.39 is 17.8 Å². The average Bonchev–Trinajstić information content (AvgIpc) is 2.64. The van der Waals surface area contributed by atoms with Gasteiger partial charge in [0.25, 0.3) is 0 Å². The predicted octanol–water partition coefficient (Wildman–Crippen LogP) is 3.57. The Balaban J connectivity index is 2.22. The third kappa shape index (κ3) is 5.19. The van der Waals surface area contributed by atoms with E-state index in [1.54, 1.807) is 30.3 Å². The van der Waals surface area contributed by atoms with Crippen LogP contribution >= 0.6 is 11.6 Å². The predicted molar refractivity (Wildman–Crippen MR) is 98.2 cm³/mol. The summed E-state index contributed by atoms with van der Waals surface area (Å²) in [6.45, 7) is 0. The second-order valence-electron chi connectivity index (χ2n) is 5.16. The summed E-state index contributed by atoms with van der Waals surface area (Å²) < 4.78 is 9.30. The van der Waals surface area contributed by atoms with Crippen LogP contribution in [0.4, 0.5) is 5.69 Å². The Hall–Kier alpha value is -3.12. The maximum absolute atomic E-state index is 12.1. The maximum Gasteiger partial charge on any atom is 0.337 e. The van der Waals surface area contributed by atoms with Crippen LogP contribution < -0.4 is 5.32 Å². The topological polar surface area (TPSA) is 81.7 Å². The van der Waals surface area contributed by atoms with Crippen molar-refractivity contribution in [1.82, 2.24) is 0 Å². The molecule has 2 aromatic carbocycles. The van der Waals surface area contributed by atoms with Crippen molar-refractivity contribution in [2.45, 2.75) is 0 Å². The maximum atomic E-state index is 12.1. The summed E-state index contributed by atoms with van der Waals surface area (Å²) in [5.41, 5.74) is 1.24. The summed E-state index contributed by atoms with van der Waals surface area (Å²) in [5, 5.41) is 3.15. The summed E-state index contributed by atoms with van der Waals surface area (Å²) in [6, 6.07) is 11.1. The van der Waals surface area contributed by atoms with E-state index in [4.69, 9.17) is 11.6 Å². The van der Waals surface area contributed by atoms with E-state index in [1.807, 2.05) is 0 Å². The molecule has 0 atom stereocenters. The highest BCUT2D eigenvalue weighted by molar-refractivity contribution is 6.30. The molecule has 0 radical (unpaired) electrons. The molecule has 0 aliphatic carbocycles. The number of halogens is 1. The molecule has 0 aromatic heterocycles. The lowest BCUT2D eigenvalue weighted by Crippen LogP contribution is -2.12. The highest BCUT2D eigenvalue weighted by Crippen LogP contribution is 2.17. The number of hydrogen-bond acceptors (Lipinski definition) is 5. The van der Waals surface area contributed by atoms with Crippen molar-refractivity contribution >= 4 is 41.2 Å². The van der Waals surface area contributed by atoms with Crippen molar-refractivity contribution in [3.8, 4) is 0 Å². The quantitative estimate of drug-likeness (QED) is 0.640. The van der Waals surface area contributed by atoms with Gasteiger partial charge in [-0.1, -0.05) is 23.7 Å². The van der Waals surface area contributed by atoms with Crippen molar-refractivity contribution in [3.63, 3.8) is 0 Å². The Bertz CT molecular complexity index is 842. The van der Waals surface area contributed by atoms with Crippen LogP contribution in [0.15, 0.2) is 48.5 Å². The number of ether oxygens (including phenoxy) is 2. The second kappa shape index (κ2) is 8.82. The molecule has 0 fully saturated rings. The lowest BCUT2D eigenvalue weighted by Gasteiger charge is -2.08. The molecule has 2 rings (SSSR count). The number of methoxy groups -OCH3 is 2. The van der Waals surface area contributed by atoms with E-state index in [2.05, 4.69) is 14.8 Å². The van der Waals surface area contributed by atoms with E-state index in [1.165, 1.54) is 38.5 Å². The van der Waals surface area contributed by atoms with E-state index in [0.717, 1.165) is 5.56 Å². The fourth-order valence-electron chi connectivity index (χ4n) is 2.14. The van der Waals surface area contributed by atoms with Gasteiger partial charge in [0.2, 0.25) is 5.91 Å². The lowest BCUT2D eigenvalue weighted by atomic mass is 10.1. The molecule has 1 N–H and O–H groups in total. The molecule has 0 saturated carbocycles. The number of nitrogens with one attached hydrogen (secondary N) is 1. The highest BCUT2D eigenvalue weighted by Gasteiger charge is 2.14. The van der Waals surface area contributed by atoms with Gasteiger partial charge in [0, 0.05) is 16.8 Å². The van der Waals surface area contributed by atoms with Gasteiger partial charge in [-0.15, -0.1) is 0 Å². The first kappa shape index (κ1) is 19.2. The summed E-state index contributed by atoms with van der Waals surface area (Å²) in [4.78, 5) is 35.6. The first-order valence-electron chi connectivity index (χ1n) is 7.49. The first-order valence-corrected chi connectivity index (χ1v) is 7.87. The van der Waals surface area contributed by atoms with Gasteiger partial charge >= 0.3 is 11.9 Å². The van der Waals surface area contributed by atoms with Gasteiger partial charge in [0.1, 0.15) is 0 Å². The van der Waals surface area contributed by atoms with Crippen molar-refractivity contribution in [1.29, 1.82) is 0 Å². The number of carbonyl (C=O) groups excluding carboxylic acids is 3. The minimum Gasteiger partial charge on any atom is -0.465 e. The SMILES string of the molecule is COC(=O)c1cc(NC(=O)C=Cc2cccc(Cl)c2)cc(C(=O)OC)c1. The Morgan fingerprint density at radius 3 is 2.12 bits per heavy atom. The van der Waals surface area contributed by atoms with Gasteiger partial charge in [0.15, 0.2) is 0 Å². The zero-order chi connectivity index (χ0) is 19.1. The Morgan fingerprint density at radius 1 is 0.962 bits per heavy atom. The third-order valence-corrected chi connectivity index (χ3v) is 3.55. The summed E-state index contributed by atoms with van der Waals surface area (Å²) in [5.74, 6) is -1.72. The number of rotatable bonds is 5. The van der Waals surface area contributed by atoms with Crippen LogP contribution in [0.3, 0.4) is 0 Å². The van der Waals surface area contributed by atoms with Gasteiger partial charge in [-0.25, -0.2) is 9.59 Å². The molecule has 6 nitrogen and oxygen atoms in total. The highest BCUT2D eigenvalue weighted by atomic mass is 35.5. The normalized spacial score (nSPS) is 10.4. The van der Waals surface area contributed by atoms with E-state index in [-0.39, 0.29) is 16.8 Å². The van der Waals surface area contributed by atoms with Crippen molar-refractivity contribution < 1.29 is 23.9 Å². The standard InChI is InChI=1S/C19H16ClNO5/c1-25-18(23)13-9-14(19(24)26-2)11-16(10-13)21-17(22)7-6-12-4-3-5-15(20)8-12/h3-11H,1-2H3,(H,21,22). The fraction of sp³-hybridized carbons (Fsp3) is 0.105. The Labute approximate surface area is 155 Å². The number of esters is 2. The van der Waals surface area contributed by atoms with E-state index >= 15 is 0 Å². The molecule has 0 aliphatic rings. The Kier molecular flexibility index (Phi) is 6.52. The van der Waals surface area contributed by atoms with Crippen LogP contribution in [0.5, 0.6) is 0 Å².